The molecule has 23 heavy (non-hydrogen) atoms. The second kappa shape index (κ2) is 6.50. The van der Waals surface area contributed by atoms with E-state index in [9.17, 15) is 9.18 Å². The molecule has 1 aliphatic rings. The first-order chi connectivity index (χ1) is 11.1. The maximum Gasteiger partial charge on any atom is 0.164 e. The molecule has 0 unspecified atom stereocenters. The molecule has 6 heteroatoms. The number of ketones is 1. The fourth-order valence-corrected chi connectivity index (χ4v) is 2.91. The Kier molecular flexibility index (Phi) is 4.43. The molecule has 1 atom stereocenters. The van der Waals surface area contributed by atoms with E-state index in [4.69, 9.17) is 4.74 Å². The number of aromatic nitrogens is 2. The van der Waals surface area contributed by atoms with Crippen LogP contribution in [-0.4, -0.2) is 35.3 Å². The summed E-state index contributed by atoms with van der Waals surface area (Å²) in [6, 6.07) is 4.75. The molecule has 2 aromatic rings. The van der Waals surface area contributed by atoms with Gasteiger partial charge in [0.05, 0.1) is 24.1 Å². The number of rotatable bonds is 4. The van der Waals surface area contributed by atoms with Gasteiger partial charge >= 0.3 is 0 Å². The van der Waals surface area contributed by atoms with Crippen molar-refractivity contribution < 1.29 is 13.9 Å². The minimum Gasteiger partial charge on any atom is -0.370 e. The molecule has 1 aromatic heterocycles. The second-order valence-electron chi connectivity index (χ2n) is 5.62. The third kappa shape index (κ3) is 3.12. The highest BCUT2D eigenvalue weighted by Gasteiger charge is 2.26. The van der Waals surface area contributed by atoms with E-state index >= 15 is 0 Å². The Morgan fingerprint density at radius 3 is 3.00 bits per heavy atom. The fraction of sp³-hybridized carbons (Fsp3) is 0.412. The van der Waals surface area contributed by atoms with Crippen LogP contribution in [0.4, 0.5) is 10.1 Å². The number of benzene rings is 1. The van der Waals surface area contributed by atoms with Crippen LogP contribution in [0.15, 0.2) is 30.6 Å². The summed E-state index contributed by atoms with van der Waals surface area (Å²) in [6.07, 6.45) is 3.63. The van der Waals surface area contributed by atoms with Crippen molar-refractivity contribution in [3.8, 4) is 0 Å². The third-order valence-corrected chi connectivity index (χ3v) is 4.10. The van der Waals surface area contributed by atoms with Gasteiger partial charge in [-0.3, -0.25) is 9.48 Å². The van der Waals surface area contributed by atoms with Gasteiger partial charge in [0, 0.05) is 31.4 Å². The molecule has 1 aliphatic heterocycles. The Labute approximate surface area is 134 Å². The van der Waals surface area contributed by atoms with Crippen molar-refractivity contribution in [1.29, 1.82) is 0 Å². The predicted molar refractivity (Wildman–Crippen MR) is 85.2 cm³/mol. The Balaban J connectivity index is 1.87. The van der Waals surface area contributed by atoms with Crippen molar-refractivity contribution in [3.05, 3.63) is 47.5 Å². The van der Waals surface area contributed by atoms with Crippen LogP contribution in [-0.2, 0) is 11.3 Å². The van der Waals surface area contributed by atoms with Crippen LogP contribution < -0.4 is 4.90 Å². The Bertz CT molecular complexity index is 714. The van der Waals surface area contributed by atoms with E-state index in [2.05, 4.69) is 5.10 Å². The van der Waals surface area contributed by atoms with Crippen LogP contribution >= 0.6 is 0 Å². The van der Waals surface area contributed by atoms with Gasteiger partial charge in [-0.15, -0.1) is 0 Å². The van der Waals surface area contributed by atoms with E-state index in [0.29, 0.717) is 25.4 Å². The van der Waals surface area contributed by atoms with Crippen LogP contribution in [0.2, 0.25) is 0 Å². The molecular weight excluding hydrogens is 297 g/mol. The zero-order valence-corrected chi connectivity index (χ0v) is 13.3. The average molecular weight is 317 g/mol. The highest BCUT2D eigenvalue weighted by molar-refractivity contribution is 6.00. The summed E-state index contributed by atoms with van der Waals surface area (Å²) < 4.78 is 21.7. The lowest BCUT2D eigenvalue weighted by Gasteiger charge is -2.35. The largest absolute Gasteiger partial charge is 0.370 e. The molecular formula is C17H20FN3O2. The second-order valence-corrected chi connectivity index (χ2v) is 5.62. The van der Waals surface area contributed by atoms with Crippen LogP contribution in [0.25, 0.3) is 0 Å². The highest BCUT2D eigenvalue weighted by Crippen LogP contribution is 2.29. The maximum atomic E-state index is 14.0. The van der Waals surface area contributed by atoms with Crippen molar-refractivity contribution in [2.24, 2.45) is 0 Å². The highest BCUT2D eigenvalue weighted by atomic mass is 19.1. The van der Waals surface area contributed by atoms with Gasteiger partial charge in [0.25, 0.3) is 0 Å². The molecule has 122 valence electrons. The summed E-state index contributed by atoms with van der Waals surface area (Å²) in [4.78, 5) is 13.8. The molecule has 5 nitrogen and oxygen atoms in total. The average Bonchev–Trinajstić information content (AvgIpc) is 3.03. The zero-order valence-electron chi connectivity index (χ0n) is 13.3. The number of anilines is 1. The number of Topliss-reactive ketones (excluding diaryl/α,β-unsaturated/α-hetero) is 1. The van der Waals surface area contributed by atoms with Crippen molar-refractivity contribution in [2.45, 2.75) is 26.5 Å². The van der Waals surface area contributed by atoms with Gasteiger partial charge in [0.15, 0.2) is 5.78 Å². The SMILES string of the molecule is CCn1cc([C@@H]2CN(c3cccc(F)c3C(C)=O)CCO2)cn1. The number of carbonyl (C=O) groups excluding carboxylic acids is 1. The normalized spacial score (nSPS) is 18.2. The minimum absolute atomic E-state index is 0.132. The van der Waals surface area contributed by atoms with Crippen LogP contribution in [0, 0.1) is 5.82 Å². The fourth-order valence-electron chi connectivity index (χ4n) is 2.91. The molecule has 0 N–H and O–H groups in total. The summed E-state index contributed by atoms with van der Waals surface area (Å²) in [5.74, 6) is -0.739. The van der Waals surface area contributed by atoms with E-state index < -0.39 is 5.82 Å². The van der Waals surface area contributed by atoms with Crippen LogP contribution in [0.3, 0.4) is 0 Å². The molecule has 3 rings (SSSR count). The number of hydrogen-bond acceptors (Lipinski definition) is 4. The van der Waals surface area contributed by atoms with Gasteiger partial charge in [-0.1, -0.05) is 6.07 Å². The molecule has 2 heterocycles. The first-order valence-corrected chi connectivity index (χ1v) is 7.78. The summed E-state index contributed by atoms with van der Waals surface area (Å²) in [6.45, 7) is 5.94. The minimum atomic E-state index is -0.475. The van der Waals surface area contributed by atoms with Crippen molar-refractivity contribution >= 4 is 11.5 Å². The number of nitrogens with zero attached hydrogens (tertiary/aromatic N) is 3. The van der Waals surface area contributed by atoms with Crippen molar-refractivity contribution in [3.63, 3.8) is 0 Å². The third-order valence-electron chi connectivity index (χ3n) is 4.10. The lowest BCUT2D eigenvalue weighted by atomic mass is 10.1. The summed E-state index contributed by atoms with van der Waals surface area (Å²) in [5.41, 5.74) is 1.78. The van der Waals surface area contributed by atoms with E-state index in [1.807, 2.05) is 22.7 Å². The smallest absolute Gasteiger partial charge is 0.164 e. The molecule has 1 saturated heterocycles. The Morgan fingerprint density at radius 2 is 2.30 bits per heavy atom. The molecule has 0 spiro atoms. The van der Waals surface area contributed by atoms with Gasteiger partial charge in [-0.2, -0.15) is 5.10 Å². The van der Waals surface area contributed by atoms with Gasteiger partial charge in [-0.25, -0.2) is 4.39 Å². The van der Waals surface area contributed by atoms with Gasteiger partial charge in [-0.05, 0) is 26.0 Å². The van der Waals surface area contributed by atoms with E-state index in [-0.39, 0.29) is 17.5 Å². The number of morpholine rings is 1. The van der Waals surface area contributed by atoms with Crippen LogP contribution in [0.1, 0.15) is 35.9 Å². The summed E-state index contributed by atoms with van der Waals surface area (Å²) >= 11 is 0. The number of hydrogen-bond donors (Lipinski definition) is 0. The molecule has 0 bridgehead atoms. The van der Waals surface area contributed by atoms with Gasteiger partial charge < -0.3 is 9.64 Å². The number of carbonyl (C=O) groups is 1. The van der Waals surface area contributed by atoms with E-state index in [0.717, 1.165) is 12.1 Å². The Morgan fingerprint density at radius 1 is 1.48 bits per heavy atom. The quantitative estimate of drug-likeness (QED) is 0.814. The molecule has 0 amide bonds. The summed E-state index contributed by atoms with van der Waals surface area (Å²) in [5, 5.41) is 4.27. The first-order valence-electron chi connectivity index (χ1n) is 7.78. The Hall–Kier alpha value is -2.21. The van der Waals surface area contributed by atoms with E-state index in [1.165, 1.54) is 13.0 Å². The molecule has 0 saturated carbocycles. The van der Waals surface area contributed by atoms with E-state index in [1.54, 1.807) is 18.3 Å². The first kappa shape index (κ1) is 15.7. The maximum absolute atomic E-state index is 14.0. The molecule has 0 radical (unpaired) electrons. The zero-order chi connectivity index (χ0) is 16.4. The lowest BCUT2D eigenvalue weighted by molar-refractivity contribution is 0.0396. The van der Waals surface area contributed by atoms with Gasteiger partial charge in [0.1, 0.15) is 11.9 Å². The number of aryl methyl sites for hydroxylation is 1. The van der Waals surface area contributed by atoms with Gasteiger partial charge in [0.2, 0.25) is 0 Å². The topological polar surface area (TPSA) is 47.4 Å². The molecule has 1 fully saturated rings. The summed E-state index contributed by atoms with van der Waals surface area (Å²) in [7, 11) is 0. The van der Waals surface area contributed by atoms with Crippen molar-refractivity contribution in [2.75, 3.05) is 24.6 Å². The molecule has 0 aliphatic carbocycles. The van der Waals surface area contributed by atoms with Crippen molar-refractivity contribution in [1.82, 2.24) is 9.78 Å². The number of ether oxygens (including phenoxy) is 1. The molecule has 1 aromatic carbocycles. The monoisotopic (exact) mass is 317 g/mol. The lowest BCUT2D eigenvalue weighted by Crippen LogP contribution is -2.39. The standard InChI is InChI=1S/C17H20FN3O2/c1-3-21-10-13(9-19-21)16-11-20(7-8-23-16)15-6-4-5-14(18)17(15)12(2)22/h4-6,9-10,16H,3,7-8,11H2,1-2H3/t16-/m0/s1. The number of halogens is 1. The van der Waals surface area contributed by atoms with Crippen LogP contribution in [0.5, 0.6) is 0 Å². The predicted octanol–water partition coefficient (Wildman–Crippen LogP) is 2.82.